The molecule has 9 heteroatoms. The molecule has 2 heterocycles. The molecule has 3 rings (SSSR count). The predicted molar refractivity (Wildman–Crippen MR) is 125 cm³/mol. The molecular formula is C23H25N3O5S. The van der Waals surface area contributed by atoms with Gasteiger partial charge in [0, 0.05) is 11.5 Å². The van der Waals surface area contributed by atoms with Gasteiger partial charge in [-0.2, -0.15) is 0 Å². The van der Waals surface area contributed by atoms with Crippen molar-refractivity contribution in [3.05, 3.63) is 63.4 Å². The fraction of sp³-hybridized carbons (Fsp3) is 0.304. The standard InChI is InChI=1S/C23H25N3O5S/c1-6-11-31-22(29)20-14(4)24-23(32-20)25-21(28)16(7-2)26-18(27)12-13(3)15-9-8-10-17(30-5)19(15)26/h6,8-10,12,16H,1,7,11H2,2-5H3,(H,24,25,28). The van der Waals surface area contributed by atoms with Gasteiger partial charge in [-0.05, 0) is 31.9 Å². The summed E-state index contributed by atoms with van der Waals surface area (Å²) in [6.07, 6.45) is 1.83. The van der Waals surface area contributed by atoms with E-state index < -0.39 is 17.9 Å². The molecule has 32 heavy (non-hydrogen) atoms. The number of methoxy groups -OCH3 is 1. The van der Waals surface area contributed by atoms with Crippen LogP contribution in [0.2, 0.25) is 0 Å². The number of anilines is 1. The van der Waals surface area contributed by atoms with Crippen LogP contribution in [-0.2, 0) is 9.53 Å². The molecule has 0 aliphatic carbocycles. The van der Waals surface area contributed by atoms with Crippen molar-refractivity contribution < 1.29 is 19.1 Å². The Kier molecular flexibility index (Phi) is 7.09. The lowest BCUT2D eigenvalue weighted by atomic mass is 10.1. The Morgan fingerprint density at radius 3 is 2.75 bits per heavy atom. The Bertz CT molecular complexity index is 1240. The van der Waals surface area contributed by atoms with Gasteiger partial charge in [-0.3, -0.25) is 14.2 Å². The molecule has 1 unspecified atom stereocenters. The number of fused-ring (bicyclic) bond motifs is 1. The molecule has 2 aromatic heterocycles. The Balaban J connectivity index is 1.99. The number of ether oxygens (including phenoxy) is 2. The summed E-state index contributed by atoms with van der Waals surface area (Å²) in [6, 6.07) is 6.20. The number of rotatable bonds is 8. The number of benzene rings is 1. The number of aryl methyl sites for hydroxylation is 2. The zero-order valence-corrected chi connectivity index (χ0v) is 19.2. The first-order valence-corrected chi connectivity index (χ1v) is 10.9. The highest BCUT2D eigenvalue weighted by molar-refractivity contribution is 7.17. The second kappa shape index (κ2) is 9.78. The van der Waals surface area contributed by atoms with Crippen molar-refractivity contribution in [2.45, 2.75) is 33.2 Å². The molecular weight excluding hydrogens is 430 g/mol. The van der Waals surface area contributed by atoms with Crippen molar-refractivity contribution in [3.63, 3.8) is 0 Å². The van der Waals surface area contributed by atoms with E-state index in [0.717, 1.165) is 22.3 Å². The third-order valence-corrected chi connectivity index (χ3v) is 6.06. The van der Waals surface area contributed by atoms with Gasteiger partial charge in [-0.15, -0.1) is 0 Å². The van der Waals surface area contributed by atoms with Crippen LogP contribution >= 0.6 is 11.3 Å². The van der Waals surface area contributed by atoms with Crippen LogP contribution in [0.1, 0.15) is 40.3 Å². The summed E-state index contributed by atoms with van der Waals surface area (Å²) < 4.78 is 12.0. The van der Waals surface area contributed by atoms with E-state index >= 15 is 0 Å². The normalized spacial score (nSPS) is 11.8. The Hall–Kier alpha value is -3.46. The van der Waals surface area contributed by atoms with Crippen LogP contribution in [0.25, 0.3) is 10.9 Å². The number of carbonyl (C=O) groups excluding carboxylic acids is 2. The Labute approximate surface area is 189 Å². The quantitative estimate of drug-likeness (QED) is 0.407. The smallest absolute Gasteiger partial charge is 0.350 e. The number of pyridine rings is 1. The Morgan fingerprint density at radius 1 is 1.34 bits per heavy atom. The molecule has 168 valence electrons. The Morgan fingerprint density at radius 2 is 2.09 bits per heavy atom. The second-order valence-corrected chi connectivity index (χ2v) is 8.13. The highest BCUT2D eigenvalue weighted by Crippen LogP contribution is 2.30. The molecule has 0 saturated carbocycles. The van der Waals surface area contributed by atoms with Gasteiger partial charge in [0.05, 0.1) is 18.3 Å². The lowest BCUT2D eigenvalue weighted by Crippen LogP contribution is -2.33. The minimum absolute atomic E-state index is 0.0843. The van der Waals surface area contributed by atoms with Crippen molar-refractivity contribution >= 4 is 39.2 Å². The first kappa shape index (κ1) is 23.2. The summed E-state index contributed by atoms with van der Waals surface area (Å²) in [4.78, 5) is 42.9. The second-order valence-electron chi connectivity index (χ2n) is 7.13. The van der Waals surface area contributed by atoms with E-state index in [1.165, 1.54) is 23.8 Å². The van der Waals surface area contributed by atoms with Gasteiger partial charge >= 0.3 is 5.97 Å². The maximum atomic E-state index is 13.2. The summed E-state index contributed by atoms with van der Waals surface area (Å²) in [5, 5.41) is 3.83. The molecule has 1 N–H and O–H groups in total. The number of nitrogens with zero attached hydrogens (tertiary/aromatic N) is 2. The van der Waals surface area contributed by atoms with E-state index in [4.69, 9.17) is 9.47 Å². The molecule has 0 bridgehead atoms. The minimum Gasteiger partial charge on any atom is -0.495 e. The average molecular weight is 456 g/mol. The lowest BCUT2D eigenvalue weighted by Gasteiger charge is -2.21. The summed E-state index contributed by atoms with van der Waals surface area (Å²) in [6.45, 7) is 8.93. The first-order chi connectivity index (χ1) is 15.3. The van der Waals surface area contributed by atoms with Gasteiger partial charge in [-0.1, -0.05) is 43.0 Å². The molecule has 1 atom stereocenters. The summed E-state index contributed by atoms with van der Waals surface area (Å²) >= 11 is 1.02. The molecule has 0 aliphatic heterocycles. The molecule has 0 spiro atoms. The van der Waals surface area contributed by atoms with Crippen LogP contribution in [0.3, 0.4) is 0 Å². The monoisotopic (exact) mass is 455 g/mol. The van der Waals surface area contributed by atoms with E-state index in [1.54, 1.807) is 13.0 Å². The number of esters is 1. The predicted octanol–water partition coefficient (Wildman–Crippen LogP) is 4.02. The van der Waals surface area contributed by atoms with Gasteiger partial charge in [-0.25, -0.2) is 9.78 Å². The number of para-hydroxylation sites is 1. The van der Waals surface area contributed by atoms with Crippen LogP contribution in [-0.4, -0.2) is 35.1 Å². The first-order valence-electron chi connectivity index (χ1n) is 10.1. The molecule has 8 nitrogen and oxygen atoms in total. The molecule has 0 saturated heterocycles. The fourth-order valence-corrected chi connectivity index (χ4v) is 4.38. The van der Waals surface area contributed by atoms with Crippen molar-refractivity contribution in [2.24, 2.45) is 0 Å². The van der Waals surface area contributed by atoms with Crippen LogP contribution in [0.15, 0.2) is 41.7 Å². The van der Waals surface area contributed by atoms with Crippen LogP contribution in [0, 0.1) is 13.8 Å². The third-order valence-electron chi connectivity index (χ3n) is 5.01. The van der Waals surface area contributed by atoms with Gasteiger partial charge in [0.15, 0.2) is 5.13 Å². The lowest BCUT2D eigenvalue weighted by molar-refractivity contribution is -0.119. The highest BCUT2D eigenvalue weighted by atomic mass is 32.1. The van der Waals surface area contributed by atoms with E-state index in [0.29, 0.717) is 28.3 Å². The number of hydrogen-bond donors (Lipinski definition) is 1. The number of amides is 1. The molecule has 1 amide bonds. The van der Waals surface area contributed by atoms with Gasteiger partial charge in [0.1, 0.15) is 23.3 Å². The molecule has 1 aromatic carbocycles. The fourth-order valence-electron chi connectivity index (χ4n) is 3.52. The number of carbonyl (C=O) groups is 2. The van der Waals surface area contributed by atoms with Gasteiger partial charge in [0.2, 0.25) is 5.91 Å². The molecule has 0 aliphatic rings. The van der Waals surface area contributed by atoms with Gasteiger partial charge < -0.3 is 14.8 Å². The van der Waals surface area contributed by atoms with Crippen LogP contribution in [0.5, 0.6) is 5.75 Å². The number of aromatic nitrogens is 2. The van der Waals surface area contributed by atoms with Crippen LogP contribution in [0.4, 0.5) is 5.13 Å². The zero-order chi connectivity index (χ0) is 23.4. The SMILES string of the molecule is C=CCOC(=O)c1sc(NC(=O)C(CC)n2c(=O)cc(C)c3cccc(OC)c32)nc1C. The van der Waals surface area contributed by atoms with Crippen molar-refractivity contribution in [2.75, 3.05) is 19.0 Å². The average Bonchev–Trinajstić information content (AvgIpc) is 3.14. The van der Waals surface area contributed by atoms with Crippen molar-refractivity contribution in [1.82, 2.24) is 9.55 Å². The van der Waals surface area contributed by atoms with Gasteiger partial charge in [0.25, 0.3) is 5.56 Å². The molecule has 3 aromatic rings. The number of thiazole rings is 1. The third kappa shape index (κ3) is 4.43. The minimum atomic E-state index is -0.803. The topological polar surface area (TPSA) is 99.5 Å². The van der Waals surface area contributed by atoms with E-state index in [-0.39, 0.29) is 17.3 Å². The number of nitrogens with one attached hydrogen (secondary N) is 1. The van der Waals surface area contributed by atoms with Crippen LogP contribution < -0.4 is 15.6 Å². The van der Waals surface area contributed by atoms with E-state index in [1.807, 2.05) is 26.0 Å². The van der Waals surface area contributed by atoms with Crippen molar-refractivity contribution in [3.8, 4) is 5.75 Å². The van der Waals surface area contributed by atoms with Crippen molar-refractivity contribution in [1.29, 1.82) is 0 Å². The maximum Gasteiger partial charge on any atom is 0.350 e. The summed E-state index contributed by atoms with van der Waals surface area (Å²) in [5.74, 6) is -0.435. The van der Waals surface area contributed by atoms with E-state index in [9.17, 15) is 14.4 Å². The summed E-state index contributed by atoms with van der Waals surface area (Å²) in [7, 11) is 1.53. The highest BCUT2D eigenvalue weighted by Gasteiger charge is 2.26. The largest absolute Gasteiger partial charge is 0.495 e. The molecule has 0 fully saturated rings. The summed E-state index contributed by atoms with van der Waals surface area (Å²) in [5.41, 5.74) is 1.51. The zero-order valence-electron chi connectivity index (χ0n) is 18.4. The van der Waals surface area contributed by atoms with E-state index in [2.05, 4.69) is 16.9 Å². The molecule has 0 radical (unpaired) electrons. The number of hydrogen-bond acceptors (Lipinski definition) is 7. The maximum absolute atomic E-state index is 13.2.